The Labute approximate surface area is 117 Å². The van der Waals surface area contributed by atoms with E-state index < -0.39 is 4.75 Å². The highest BCUT2D eigenvalue weighted by atomic mass is 32.2. The Morgan fingerprint density at radius 2 is 1.84 bits per heavy atom. The van der Waals surface area contributed by atoms with Crippen molar-refractivity contribution in [3.05, 3.63) is 35.9 Å². The molecular weight excluding hydrogens is 260 g/mol. The number of carbonyl (C=O) groups excluding carboxylic acids is 2. The lowest BCUT2D eigenvalue weighted by Crippen LogP contribution is -2.39. The van der Waals surface area contributed by atoms with E-state index in [-0.39, 0.29) is 11.1 Å². The maximum Gasteiger partial charge on any atom is 0.289 e. The van der Waals surface area contributed by atoms with Gasteiger partial charge in [0.1, 0.15) is 4.75 Å². The standard InChI is InChI=1S/C14H18N2O2S/c1-14(11-7-5-4-6-8-11)12(17)16(13(18)19-14)10-9-15(2)3/h4-8H,9-10H2,1-3H3. The minimum atomic E-state index is -0.787. The molecular formula is C14H18N2O2S. The normalized spacial score (nSPS) is 23.5. The van der Waals surface area contributed by atoms with Gasteiger partial charge in [-0.25, -0.2) is 0 Å². The van der Waals surface area contributed by atoms with Gasteiger partial charge in [-0.2, -0.15) is 0 Å². The molecule has 0 aromatic heterocycles. The molecule has 2 amide bonds. The van der Waals surface area contributed by atoms with Gasteiger partial charge in [0, 0.05) is 13.1 Å². The van der Waals surface area contributed by atoms with E-state index in [4.69, 9.17) is 0 Å². The summed E-state index contributed by atoms with van der Waals surface area (Å²) in [4.78, 5) is 27.9. The summed E-state index contributed by atoms with van der Waals surface area (Å²) in [6.07, 6.45) is 0. The molecule has 5 heteroatoms. The Morgan fingerprint density at radius 1 is 1.21 bits per heavy atom. The van der Waals surface area contributed by atoms with Gasteiger partial charge in [0.2, 0.25) is 0 Å². The van der Waals surface area contributed by atoms with Crippen LogP contribution in [0.1, 0.15) is 12.5 Å². The van der Waals surface area contributed by atoms with Crippen molar-refractivity contribution in [2.45, 2.75) is 11.7 Å². The largest absolute Gasteiger partial charge is 0.308 e. The fraction of sp³-hybridized carbons (Fsp3) is 0.429. The van der Waals surface area contributed by atoms with Gasteiger partial charge in [0.15, 0.2) is 0 Å². The van der Waals surface area contributed by atoms with Gasteiger partial charge < -0.3 is 4.90 Å². The highest BCUT2D eigenvalue weighted by Gasteiger charge is 2.50. The van der Waals surface area contributed by atoms with Crippen molar-refractivity contribution in [2.24, 2.45) is 0 Å². The zero-order chi connectivity index (χ0) is 14.0. The molecule has 1 atom stereocenters. The summed E-state index contributed by atoms with van der Waals surface area (Å²) in [5, 5.41) is -0.154. The van der Waals surface area contributed by atoms with Crippen LogP contribution in [-0.2, 0) is 9.54 Å². The second-order valence-electron chi connectivity index (χ2n) is 5.03. The van der Waals surface area contributed by atoms with E-state index in [1.165, 1.54) is 4.90 Å². The molecule has 1 heterocycles. The van der Waals surface area contributed by atoms with Gasteiger partial charge in [-0.1, -0.05) is 30.3 Å². The molecule has 1 unspecified atom stereocenters. The van der Waals surface area contributed by atoms with E-state index in [1.54, 1.807) is 0 Å². The van der Waals surface area contributed by atoms with Crippen molar-refractivity contribution in [3.8, 4) is 0 Å². The van der Waals surface area contributed by atoms with Gasteiger partial charge >= 0.3 is 0 Å². The van der Waals surface area contributed by atoms with Crippen molar-refractivity contribution in [3.63, 3.8) is 0 Å². The Balaban J connectivity index is 2.22. The molecule has 1 aliphatic heterocycles. The fourth-order valence-electron chi connectivity index (χ4n) is 2.05. The van der Waals surface area contributed by atoms with Crippen molar-refractivity contribution in [1.82, 2.24) is 9.80 Å². The second-order valence-corrected chi connectivity index (χ2v) is 6.40. The SMILES string of the molecule is CN(C)CCN1C(=O)SC(C)(c2ccccc2)C1=O. The lowest BCUT2D eigenvalue weighted by Gasteiger charge is -2.22. The molecule has 0 N–H and O–H groups in total. The monoisotopic (exact) mass is 278 g/mol. The molecule has 1 aromatic rings. The summed E-state index contributed by atoms with van der Waals surface area (Å²) in [7, 11) is 3.85. The molecule has 1 fully saturated rings. The zero-order valence-electron chi connectivity index (χ0n) is 11.4. The molecule has 1 saturated heterocycles. The Bertz CT molecular complexity index is 489. The summed E-state index contributed by atoms with van der Waals surface area (Å²) < 4.78 is -0.787. The number of imide groups is 1. The number of hydrogen-bond acceptors (Lipinski definition) is 4. The molecule has 2 rings (SSSR count). The number of likely N-dealkylation sites (N-methyl/N-ethyl adjacent to an activating group) is 1. The molecule has 1 aliphatic rings. The molecule has 0 saturated carbocycles. The van der Waals surface area contributed by atoms with Crippen molar-refractivity contribution < 1.29 is 9.59 Å². The molecule has 4 nitrogen and oxygen atoms in total. The predicted molar refractivity (Wildman–Crippen MR) is 77.0 cm³/mol. The van der Waals surface area contributed by atoms with Gasteiger partial charge in [0.25, 0.3) is 11.1 Å². The predicted octanol–water partition coefficient (Wildman–Crippen LogP) is 2.16. The van der Waals surface area contributed by atoms with Crippen LogP contribution in [0.5, 0.6) is 0 Å². The van der Waals surface area contributed by atoms with Gasteiger partial charge in [0.05, 0.1) is 0 Å². The van der Waals surface area contributed by atoms with Crippen LogP contribution >= 0.6 is 11.8 Å². The van der Waals surface area contributed by atoms with Crippen LogP contribution in [0.15, 0.2) is 30.3 Å². The lowest BCUT2D eigenvalue weighted by atomic mass is 9.99. The van der Waals surface area contributed by atoms with Gasteiger partial charge in [-0.05, 0) is 38.3 Å². The van der Waals surface area contributed by atoms with Crippen LogP contribution in [-0.4, -0.2) is 48.1 Å². The molecule has 102 valence electrons. The average molecular weight is 278 g/mol. The average Bonchev–Trinajstić information content (AvgIpc) is 2.60. The molecule has 19 heavy (non-hydrogen) atoms. The van der Waals surface area contributed by atoms with Crippen LogP contribution in [0.4, 0.5) is 4.79 Å². The molecule has 0 spiro atoms. The van der Waals surface area contributed by atoms with Crippen LogP contribution in [0.2, 0.25) is 0 Å². The maximum absolute atomic E-state index is 12.5. The van der Waals surface area contributed by atoms with Gasteiger partial charge in [-0.15, -0.1) is 0 Å². The smallest absolute Gasteiger partial charge is 0.289 e. The van der Waals surface area contributed by atoms with Crippen LogP contribution in [0.25, 0.3) is 0 Å². The van der Waals surface area contributed by atoms with E-state index in [0.29, 0.717) is 13.1 Å². The minimum Gasteiger partial charge on any atom is -0.308 e. The van der Waals surface area contributed by atoms with Crippen LogP contribution in [0, 0.1) is 0 Å². The summed E-state index contributed by atoms with van der Waals surface area (Å²) in [5.74, 6) is -0.115. The molecule has 0 radical (unpaired) electrons. The first-order valence-corrected chi connectivity index (χ1v) is 7.02. The number of hydrogen-bond donors (Lipinski definition) is 0. The number of amides is 2. The number of thioether (sulfide) groups is 1. The molecule has 0 aliphatic carbocycles. The topological polar surface area (TPSA) is 40.6 Å². The minimum absolute atomic E-state index is 0.115. The Kier molecular flexibility index (Phi) is 3.96. The van der Waals surface area contributed by atoms with E-state index in [0.717, 1.165) is 17.3 Å². The summed E-state index contributed by atoms with van der Waals surface area (Å²) >= 11 is 1.11. The van der Waals surface area contributed by atoms with E-state index in [1.807, 2.05) is 56.3 Å². The number of rotatable bonds is 4. The van der Waals surface area contributed by atoms with Crippen LogP contribution in [0.3, 0.4) is 0 Å². The number of benzene rings is 1. The van der Waals surface area contributed by atoms with Crippen LogP contribution < -0.4 is 0 Å². The summed E-state index contributed by atoms with van der Waals surface area (Å²) in [6.45, 7) is 2.95. The quantitative estimate of drug-likeness (QED) is 0.846. The molecule has 0 bridgehead atoms. The van der Waals surface area contributed by atoms with Crippen molar-refractivity contribution in [1.29, 1.82) is 0 Å². The third kappa shape index (κ3) is 2.67. The first-order valence-electron chi connectivity index (χ1n) is 6.20. The number of nitrogens with zero attached hydrogens (tertiary/aromatic N) is 2. The lowest BCUT2D eigenvalue weighted by molar-refractivity contribution is -0.129. The maximum atomic E-state index is 12.5. The highest BCUT2D eigenvalue weighted by molar-refractivity contribution is 8.15. The third-order valence-electron chi connectivity index (χ3n) is 3.26. The number of carbonyl (C=O) groups is 2. The first-order chi connectivity index (χ1) is 8.95. The van der Waals surface area contributed by atoms with Crippen molar-refractivity contribution in [2.75, 3.05) is 27.2 Å². The van der Waals surface area contributed by atoms with E-state index in [2.05, 4.69) is 0 Å². The van der Waals surface area contributed by atoms with Crippen molar-refractivity contribution >= 4 is 22.9 Å². The zero-order valence-corrected chi connectivity index (χ0v) is 12.2. The summed E-state index contributed by atoms with van der Waals surface area (Å²) in [6, 6.07) is 9.48. The fourth-order valence-corrected chi connectivity index (χ4v) is 3.13. The van der Waals surface area contributed by atoms with E-state index in [9.17, 15) is 9.59 Å². The highest BCUT2D eigenvalue weighted by Crippen LogP contribution is 2.44. The molecule has 1 aromatic carbocycles. The Hall–Kier alpha value is -1.33. The summed E-state index contributed by atoms with van der Waals surface area (Å²) in [5.41, 5.74) is 0.880. The Morgan fingerprint density at radius 3 is 2.42 bits per heavy atom. The second kappa shape index (κ2) is 5.35. The van der Waals surface area contributed by atoms with E-state index >= 15 is 0 Å². The third-order valence-corrected chi connectivity index (χ3v) is 4.47. The van der Waals surface area contributed by atoms with Gasteiger partial charge in [-0.3, -0.25) is 14.5 Å². The first kappa shape index (κ1) is 14.1.